The molecule has 2 heterocycles. The van der Waals surface area contributed by atoms with Crippen molar-refractivity contribution >= 4 is 43.5 Å². The van der Waals surface area contributed by atoms with Crippen LogP contribution in [0.4, 0.5) is 11.6 Å². The Bertz CT molecular complexity index is 702. The molecule has 0 amide bonds. The third-order valence-electron chi connectivity index (χ3n) is 2.52. The molecule has 0 aliphatic carbocycles. The van der Waals surface area contributed by atoms with E-state index in [0.29, 0.717) is 11.7 Å². The molecule has 2 aromatic heterocycles. The average molecular weight is 423 g/mol. The van der Waals surface area contributed by atoms with E-state index >= 15 is 0 Å². The number of halogens is 2. The summed E-state index contributed by atoms with van der Waals surface area (Å²) in [6, 6.07) is 7.66. The number of rotatable bonds is 4. The molecular formula is C14H9Br2N5O. The van der Waals surface area contributed by atoms with E-state index in [1.807, 2.05) is 24.3 Å². The summed E-state index contributed by atoms with van der Waals surface area (Å²) in [7, 11) is 0. The first kappa shape index (κ1) is 14.9. The minimum Gasteiger partial charge on any atom is -0.424 e. The second-order valence-corrected chi connectivity index (χ2v) is 5.99. The fourth-order valence-corrected chi connectivity index (χ4v) is 2.01. The zero-order chi connectivity index (χ0) is 15.4. The summed E-state index contributed by atoms with van der Waals surface area (Å²) < 4.78 is 7.22. The molecule has 0 spiro atoms. The van der Waals surface area contributed by atoms with Gasteiger partial charge in [0.1, 0.15) is 5.75 Å². The third kappa shape index (κ3) is 3.99. The molecule has 1 N–H and O–H groups in total. The highest BCUT2D eigenvalue weighted by Gasteiger charge is 2.03. The molecule has 0 atom stereocenters. The third-order valence-corrected chi connectivity index (χ3v) is 3.34. The predicted octanol–water partition coefficient (Wildman–Crippen LogP) is 4.33. The smallest absolute Gasteiger partial charge is 0.321 e. The first-order chi connectivity index (χ1) is 10.7. The first-order valence-corrected chi connectivity index (χ1v) is 7.78. The van der Waals surface area contributed by atoms with Crippen LogP contribution in [-0.4, -0.2) is 19.9 Å². The van der Waals surface area contributed by atoms with Crippen molar-refractivity contribution in [2.24, 2.45) is 0 Å². The van der Waals surface area contributed by atoms with Gasteiger partial charge in [-0.3, -0.25) is 0 Å². The van der Waals surface area contributed by atoms with Crippen LogP contribution in [-0.2, 0) is 0 Å². The van der Waals surface area contributed by atoms with E-state index in [4.69, 9.17) is 4.74 Å². The van der Waals surface area contributed by atoms with Gasteiger partial charge in [0.15, 0.2) is 0 Å². The normalized spacial score (nSPS) is 10.3. The lowest BCUT2D eigenvalue weighted by Gasteiger charge is -2.07. The highest BCUT2D eigenvalue weighted by atomic mass is 79.9. The van der Waals surface area contributed by atoms with Crippen LogP contribution in [0.15, 0.2) is 58.0 Å². The molecule has 1 aromatic carbocycles. The number of anilines is 2. The van der Waals surface area contributed by atoms with Crippen LogP contribution in [0.2, 0.25) is 0 Å². The van der Waals surface area contributed by atoms with Gasteiger partial charge in [0.2, 0.25) is 5.95 Å². The van der Waals surface area contributed by atoms with Gasteiger partial charge >= 0.3 is 6.01 Å². The lowest BCUT2D eigenvalue weighted by Crippen LogP contribution is -1.97. The topological polar surface area (TPSA) is 72.8 Å². The van der Waals surface area contributed by atoms with Crippen LogP contribution >= 0.6 is 31.9 Å². The Morgan fingerprint density at radius 2 is 1.50 bits per heavy atom. The molecule has 3 rings (SSSR count). The lowest BCUT2D eigenvalue weighted by atomic mass is 10.3. The fraction of sp³-hybridized carbons (Fsp3) is 0. The number of nitrogens with zero attached hydrogens (tertiary/aromatic N) is 4. The Kier molecular flexibility index (Phi) is 4.59. The standard InChI is InChI=1S/C14H9Br2N5O/c15-9-5-17-13(18-6-9)21-11-2-1-3-12(4-11)22-14-19-7-10(16)8-20-14/h1-8H,(H,17,18,21). The second kappa shape index (κ2) is 6.80. The van der Waals surface area contributed by atoms with E-state index in [-0.39, 0.29) is 6.01 Å². The van der Waals surface area contributed by atoms with Gasteiger partial charge in [0, 0.05) is 36.5 Å². The van der Waals surface area contributed by atoms with Crippen LogP contribution < -0.4 is 10.1 Å². The molecule has 8 heteroatoms. The molecule has 3 aromatic rings. The van der Waals surface area contributed by atoms with Crippen molar-refractivity contribution in [3.63, 3.8) is 0 Å². The van der Waals surface area contributed by atoms with Crippen molar-refractivity contribution in [2.75, 3.05) is 5.32 Å². The average Bonchev–Trinajstić information content (AvgIpc) is 2.52. The highest BCUT2D eigenvalue weighted by Crippen LogP contribution is 2.23. The summed E-state index contributed by atoms with van der Waals surface area (Å²) in [6.45, 7) is 0. The summed E-state index contributed by atoms with van der Waals surface area (Å²) in [6.07, 6.45) is 6.59. The van der Waals surface area contributed by atoms with Crippen LogP contribution in [0, 0.1) is 0 Å². The molecule has 0 fully saturated rings. The number of hydrogen-bond acceptors (Lipinski definition) is 6. The Hall–Kier alpha value is -2.06. The van der Waals surface area contributed by atoms with Gasteiger partial charge in [-0.1, -0.05) is 6.07 Å². The maximum absolute atomic E-state index is 5.60. The number of hydrogen-bond donors (Lipinski definition) is 1. The maximum Gasteiger partial charge on any atom is 0.321 e. The predicted molar refractivity (Wildman–Crippen MR) is 89.3 cm³/mol. The zero-order valence-electron chi connectivity index (χ0n) is 11.1. The van der Waals surface area contributed by atoms with Gasteiger partial charge in [-0.15, -0.1) is 0 Å². The van der Waals surface area contributed by atoms with E-state index in [1.54, 1.807) is 24.8 Å². The lowest BCUT2D eigenvalue weighted by molar-refractivity contribution is 0.441. The van der Waals surface area contributed by atoms with E-state index in [9.17, 15) is 0 Å². The molecule has 6 nitrogen and oxygen atoms in total. The minimum absolute atomic E-state index is 0.278. The van der Waals surface area contributed by atoms with Crippen LogP contribution in [0.1, 0.15) is 0 Å². The van der Waals surface area contributed by atoms with Gasteiger partial charge < -0.3 is 10.1 Å². The van der Waals surface area contributed by atoms with E-state index in [0.717, 1.165) is 14.6 Å². The van der Waals surface area contributed by atoms with Crippen molar-refractivity contribution in [1.29, 1.82) is 0 Å². The largest absolute Gasteiger partial charge is 0.424 e. The zero-order valence-corrected chi connectivity index (χ0v) is 14.2. The molecule has 0 saturated heterocycles. The van der Waals surface area contributed by atoms with Crippen molar-refractivity contribution in [1.82, 2.24) is 19.9 Å². The summed E-state index contributed by atoms with van der Waals surface area (Å²) >= 11 is 6.57. The molecule has 22 heavy (non-hydrogen) atoms. The Morgan fingerprint density at radius 1 is 0.864 bits per heavy atom. The number of aromatic nitrogens is 4. The molecule has 0 aliphatic heterocycles. The number of nitrogens with one attached hydrogen (secondary N) is 1. The summed E-state index contributed by atoms with van der Waals surface area (Å²) in [5, 5.41) is 3.10. The van der Waals surface area contributed by atoms with Gasteiger partial charge in [-0.05, 0) is 44.0 Å². The summed E-state index contributed by atoms with van der Waals surface area (Å²) in [5.74, 6) is 1.12. The Labute approximate surface area is 143 Å². The van der Waals surface area contributed by atoms with E-state index in [1.165, 1.54) is 0 Å². The van der Waals surface area contributed by atoms with Crippen molar-refractivity contribution in [3.8, 4) is 11.8 Å². The summed E-state index contributed by atoms with van der Waals surface area (Å²) in [5.41, 5.74) is 0.803. The molecule has 0 saturated carbocycles. The van der Waals surface area contributed by atoms with Gasteiger partial charge in [0.05, 0.1) is 8.95 Å². The minimum atomic E-state index is 0.278. The van der Waals surface area contributed by atoms with Crippen molar-refractivity contribution < 1.29 is 4.74 Å². The van der Waals surface area contributed by atoms with Gasteiger partial charge in [-0.2, -0.15) is 0 Å². The second-order valence-electron chi connectivity index (χ2n) is 4.16. The van der Waals surface area contributed by atoms with E-state index < -0.39 is 0 Å². The van der Waals surface area contributed by atoms with Crippen LogP contribution in [0.3, 0.4) is 0 Å². The molecule has 110 valence electrons. The monoisotopic (exact) mass is 421 g/mol. The molecule has 0 bridgehead atoms. The van der Waals surface area contributed by atoms with Crippen LogP contribution in [0.25, 0.3) is 0 Å². The number of ether oxygens (including phenoxy) is 1. The SMILES string of the molecule is Brc1cnc(Nc2cccc(Oc3ncc(Br)cn3)c2)nc1. The molecular weight excluding hydrogens is 414 g/mol. The van der Waals surface area contributed by atoms with E-state index in [2.05, 4.69) is 57.1 Å². The highest BCUT2D eigenvalue weighted by molar-refractivity contribution is 9.10. The Balaban J connectivity index is 1.74. The van der Waals surface area contributed by atoms with Crippen molar-refractivity contribution in [3.05, 3.63) is 58.0 Å². The fourth-order valence-electron chi connectivity index (χ4n) is 1.60. The number of benzene rings is 1. The maximum atomic E-state index is 5.60. The van der Waals surface area contributed by atoms with Gasteiger partial charge in [-0.25, -0.2) is 19.9 Å². The molecule has 0 aliphatic rings. The molecule has 0 radical (unpaired) electrons. The van der Waals surface area contributed by atoms with Crippen LogP contribution in [0.5, 0.6) is 11.8 Å². The van der Waals surface area contributed by atoms with Gasteiger partial charge in [0.25, 0.3) is 0 Å². The first-order valence-electron chi connectivity index (χ1n) is 6.19. The summed E-state index contributed by atoms with van der Waals surface area (Å²) in [4.78, 5) is 16.4. The molecule has 0 unspecified atom stereocenters. The van der Waals surface area contributed by atoms with Crippen molar-refractivity contribution in [2.45, 2.75) is 0 Å². The Morgan fingerprint density at radius 3 is 2.18 bits per heavy atom. The quantitative estimate of drug-likeness (QED) is 0.674.